The van der Waals surface area contributed by atoms with Crippen molar-refractivity contribution in [2.45, 2.75) is 37.5 Å². The van der Waals surface area contributed by atoms with Crippen LogP contribution >= 0.6 is 0 Å². The average molecular weight is 247 g/mol. The standard InChI is InChI=1S/C16H25NO/c1-17(2)13-16(11-5-4-6-12-16)14-7-9-15(18-3)10-8-14/h7-10H,4-6,11-13H2,1-3H3. The highest BCUT2D eigenvalue weighted by atomic mass is 16.5. The SMILES string of the molecule is COc1ccc(C2(CN(C)C)CCCCC2)cc1. The zero-order valence-corrected chi connectivity index (χ0v) is 11.9. The van der Waals surface area contributed by atoms with Crippen LogP contribution in [0.3, 0.4) is 0 Å². The molecule has 100 valence electrons. The minimum Gasteiger partial charge on any atom is -0.497 e. The molecule has 0 aromatic heterocycles. The van der Waals surface area contributed by atoms with Gasteiger partial charge in [-0.2, -0.15) is 0 Å². The number of likely N-dealkylation sites (N-methyl/N-ethyl adjacent to an activating group) is 1. The molecule has 0 unspecified atom stereocenters. The largest absolute Gasteiger partial charge is 0.497 e. The number of methoxy groups -OCH3 is 1. The Labute approximate surface area is 111 Å². The molecule has 0 amide bonds. The van der Waals surface area contributed by atoms with Crippen molar-refractivity contribution in [2.24, 2.45) is 0 Å². The van der Waals surface area contributed by atoms with Crippen LogP contribution < -0.4 is 4.74 Å². The van der Waals surface area contributed by atoms with Crippen molar-refractivity contribution in [3.63, 3.8) is 0 Å². The summed E-state index contributed by atoms with van der Waals surface area (Å²) in [6, 6.07) is 8.71. The zero-order valence-electron chi connectivity index (χ0n) is 11.9. The van der Waals surface area contributed by atoms with Crippen LogP contribution in [0.2, 0.25) is 0 Å². The molecular weight excluding hydrogens is 222 g/mol. The number of hydrogen-bond donors (Lipinski definition) is 0. The van der Waals surface area contributed by atoms with E-state index in [1.54, 1.807) is 7.11 Å². The van der Waals surface area contributed by atoms with E-state index in [1.807, 2.05) is 0 Å². The Morgan fingerprint density at radius 3 is 2.17 bits per heavy atom. The van der Waals surface area contributed by atoms with E-state index in [2.05, 4.69) is 43.3 Å². The molecule has 0 radical (unpaired) electrons. The molecule has 0 spiro atoms. The third-order valence-corrected chi connectivity index (χ3v) is 4.13. The van der Waals surface area contributed by atoms with E-state index in [9.17, 15) is 0 Å². The van der Waals surface area contributed by atoms with Gasteiger partial charge in [-0.3, -0.25) is 0 Å². The Morgan fingerprint density at radius 2 is 1.67 bits per heavy atom. The summed E-state index contributed by atoms with van der Waals surface area (Å²) in [5, 5.41) is 0. The second kappa shape index (κ2) is 5.75. The summed E-state index contributed by atoms with van der Waals surface area (Å²) < 4.78 is 5.26. The highest BCUT2D eigenvalue weighted by Gasteiger charge is 2.34. The lowest BCUT2D eigenvalue weighted by Gasteiger charge is -2.40. The summed E-state index contributed by atoms with van der Waals surface area (Å²) >= 11 is 0. The Hall–Kier alpha value is -1.02. The molecule has 0 heterocycles. The van der Waals surface area contributed by atoms with E-state index in [0.717, 1.165) is 12.3 Å². The lowest BCUT2D eigenvalue weighted by atomic mass is 9.69. The highest BCUT2D eigenvalue weighted by molar-refractivity contribution is 5.33. The van der Waals surface area contributed by atoms with Crippen molar-refractivity contribution in [2.75, 3.05) is 27.7 Å². The summed E-state index contributed by atoms with van der Waals surface area (Å²) in [5.41, 5.74) is 1.84. The maximum absolute atomic E-state index is 5.26. The van der Waals surface area contributed by atoms with E-state index in [-0.39, 0.29) is 0 Å². The minimum atomic E-state index is 0.355. The second-order valence-corrected chi connectivity index (χ2v) is 5.81. The molecule has 0 saturated heterocycles. The minimum absolute atomic E-state index is 0.355. The smallest absolute Gasteiger partial charge is 0.118 e. The van der Waals surface area contributed by atoms with Crippen LogP contribution in [-0.4, -0.2) is 32.6 Å². The molecule has 1 aromatic carbocycles. The maximum Gasteiger partial charge on any atom is 0.118 e. The molecule has 2 rings (SSSR count). The number of benzene rings is 1. The fourth-order valence-corrected chi connectivity index (χ4v) is 3.32. The van der Waals surface area contributed by atoms with Gasteiger partial charge in [0.25, 0.3) is 0 Å². The van der Waals surface area contributed by atoms with Gasteiger partial charge in [-0.25, -0.2) is 0 Å². The van der Waals surface area contributed by atoms with Crippen LogP contribution in [0.15, 0.2) is 24.3 Å². The van der Waals surface area contributed by atoms with Crippen molar-refractivity contribution < 1.29 is 4.74 Å². The second-order valence-electron chi connectivity index (χ2n) is 5.81. The number of hydrogen-bond acceptors (Lipinski definition) is 2. The van der Waals surface area contributed by atoms with E-state index in [1.165, 1.54) is 37.7 Å². The third kappa shape index (κ3) is 2.86. The molecule has 1 aliphatic rings. The number of ether oxygens (including phenoxy) is 1. The molecule has 0 bridgehead atoms. The van der Waals surface area contributed by atoms with E-state index >= 15 is 0 Å². The first-order valence-corrected chi connectivity index (χ1v) is 6.96. The molecule has 0 atom stereocenters. The van der Waals surface area contributed by atoms with Gasteiger partial charge in [0, 0.05) is 12.0 Å². The Kier molecular flexibility index (Phi) is 4.28. The molecule has 1 fully saturated rings. The van der Waals surface area contributed by atoms with Crippen molar-refractivity contribution in [1.29, 1.82) is 0 Å². The Balaban J connectivity index is 2.26. The lowest BCUT2D eigenvalue weighted by molar-refractivity contribution is 0.216. The third-order valence-electron chi connectivity index (χ3n) is 4.13. The van der Waals surface area contributed by atoms with Crippen LogP contribution in [0.25, 0.3) is 0 Å². The molecule has 1 aliphatic carbocycles. The fraction of sp³-hybridized carbons (Fsp3) is 0.625. The number of nitrogens with zero attached hydrogens (tertiary/aromatic N) is 1. The van der Waals surface area contributed by atoms with E-state index < -0.39 is 0 Å². The summed E-state index contributed by atoms with van der Waals surface area (Å²) in [5.74, 6) is 0.953. The first-order valence-electron chi connectivity index (χ1n) is 6.96. The predicted molar refractivity (Wildman–Crippen MR) is 76.3 cm³/mol. The fourth-order valence-electron chi connectivity index (χ4n) is 3.32. The van der Waals surface area contributed by atoms with Gasteiger partial charge >= 0.3 is 0 Å². The lowest BCUT2D eigenvalue weighted by Crippen LogP contribution is -2.39. The van der Waals surface area contributed by atoms with Crippen LogP contribution in [0.4, 0.5) is 0 Å². The van der Waals surface area contributed by atoms with Gasteiger partial charge in [-0.1, -0.05) is 31.4 Å². The van der Waals surface area contributed by atoms with Gasteiger partial charge < -0.3 is 9.64 Å². The van der Waals surface area contributed by atoms with Gasteiger partial charge in [0.2, 0.25) is 0 Å². The van der Waals surface area contributed by atoms with Gasteiger partial charge in [-0.05, 0) is 44.6 Å². The van der Waals surface area contributed by atoms with Crippen molar-refractivity contribution >= 4 is 0 Å². The molecule has 0 N–H and O–H groups in total. The Bertz CT molecular complexity index is 363. The van der Waals surface area contributed by atoms with Crippen molar-refractivity contribution in [1.82, 2.24) is 4.90 Å². The molecule has 2 heteroatoms. The molecule has 1 aromatic rings. The molecule has 1 saturated carbocycles. The van der Waals surface area contributed by atoms with Crippen LogP contribution in [-0.2, 0) is 5.41 Å². The number of rotatable bonds is 4. The van der Waals surface area contributed by atoms with Crippen molar-refractivity contribution in [3.8, 4) is 5.75 Å². The summed E-state index contributed by atoms with van der Waals surface area (Å²) in [4.78, 5) is 2.33. The highest BCUT2D eigenvalue weighted by Crippen LogP contribution is 2.40. The topological polar surface area (TPSA) is 12.5 Å². The normalized spacial score (nSPS) is 18.9. The molecule has 2 nitrogen and oxygen atoms in total. The van der Waals surface area contributed by atoms with Crippen LogP contribution in [0.5, 0.6) is 5.75 Å². The van der Waals surface area contributed by atoms with Gasteiger partial charge in [-0.15, -0.1) is 0 Å². The average Bonchev–Trinajstić information content (AvgIpc) is 2.39. The van der Waals surface area contributed by atoms with Crippen molar-refractivity contribution in [3.05, 3.63) is 29.8 Å². The molecular formula is C16H25NO. The van der Waals surface area contributed by atoms with E-state index in [4.69, 9.17) is 4.74 Å². The summed E-state index contributed by atoms with van der Waals surface area (Å²) in [7, 11) is 6.09. The first-order chi connectivity index (χ1) is 8.66. The monoisotopic (exact) mass is 247 g/mol. The summed E-state index contributed by atoms with van der Waals surface area (Å²) in [6.45, 7) is 1.15. The maximum atomic E-state index is 5.26. The van der Waals surface area contributed by atoms with Gasteiger partial charge in [0.1, 0.15) is 5.75 Å². The quantitative estimate of drug-likeness (QED) is 0.808. The summed E-state index contributed by atoms with van der Waals surface area (Å²) in [6.07, 6.45) is 6.75. The van der Waals surface area contributed by atoms with Crippen LogP contribution in [0, 0.1) is 0 Å². The van der Waals surface area contributed by atoms with Gasteiger partial charge in [0.15, 0.2) is 0 Å². The van der Waals surface area contributed by atoms with E-state index in [0.29, 0.717) is 5.41 Å². The van der Waals surface area contributed by atoms with Gasteiger partial charge in [0.05, 0.1) is 7.11 Å². The van der Waals surface area contributed by atoms with Crippen LogP contribution in [0.1, 0.15) is 37.7 Å². The zero-order chi connectivity index (χ0) is 13.0. The first kappa shape index (κ1) is 13.4. The predicted octanol–water partition coefficient (Wildman–Crippen LogP) is 3.46. The molecule has 18 heavy (non-hydrogen) atoms. The Morgan fingerprint density at radius 1 is 1.06 bits per heavy atom. The molecule has 0 aliphatic heterocycles.